The van der Waals surface area contributed by atoms with Gasteiger partial charge in [0.05, 0.1) is 55.2 Å². The van der Waals surface area contributed by atoms with Crippen molar-refractivity contribution >= 4 is 153 Å². The maximum absolute atomic E-state index is 6.48. The largest absolute Gasteiger partial charge is 0.456 e. The van der Waals surface area contributed by atoms with Crippen molar-refractivity contribution in [3.05, 3.63) is 364 Å². The number of nitrogens with zero attached hydrogens (tertiary/aromatic N) is 4. The summed E-state index contributed by atoms with van der Waals surface area (Å²) in [5, 5.41) is 19.4. The van der Waals surface area contributed by atoms with Gasteiger partial charge in [0.25, 0.3) is 0 Å². The fourth-order valence-corrected chi connectivity index (χ4v) is 17.0. The van der Waals surface area contributed by atoms with Gasteiger partial charge in [-0.1, -0.05) is 218 Å². The number of fused-ring (bicyclic) bond motifs is 20. The van der Waals surface area contributed by atoms with Crippen LogP contribution in [0.5, 0.6) is 0 Å². The van der Waals surface area contributed by atoms with Crippen LogP contribution in [0.1, 0.15) is 0 Å². The summed E-state index contributed by atoms with van der Waals surface area (Å²) in [5.74, 6) is 0. The molecule has 0 bridgehead atoms. The highest BCUT2D eigenvalue weighted by Crippen LogP contribution is 2.45. The summed E-state index contributed by atoms with van der Waals surface area (Å²) in [5.41, 5.74) is 24.9. The van der Waals surface area contributed by atoms with Gasteiger partial charge in [0, 0.05) is 76.3 Å². The van der Waals surface area contributed by atoms with Crippen molar-refractivity contribution in [1.29, 1.82) is 0 Å². The molecule has 6 heterocycles. The number of benzene rings is 17. The second kappa shape index (κ2) is 22.8. The Morgan fingerprint density at radius 3 is 1.02 bits per heavy atom. The van der Waals surface area contributed by atoms with E-state index in [1.807, 2.05) is 12.1 Å². The lowest BCUT2D eigenvalue weighted by Gasteiger charge is -2.11. The van der Waals surface area contributed by atoms with Crippen LogP contribution in [-0.2, 0) is 0 Å². The minimum absolute atomic E-state index is 0.886. The first-order valence-electron chi connectivity index (χ1n) is 35.6. The van der Waals surface area contributed by atoms with Crippen LogP contribution in [-0.4, -0.2) is 18.3 Å². The van der Waals surface area contributed by atoms with Crippen molar-refractivity contribution in [3.63, 3.8) is 0 Å². The van der Waals surface area contributed by atoms with Gasteiger partial charge in [0.1, 0.15) is 22.3 Å². The molecule has 0 unspecified atom stereocenters. The summed E-state index contributed by atoms with van der Waals surface area (Å²) >= 11 is 0. The van der Waals surface area contributed by atoms with Crippen molar-refractivity contribution < 1.29 is 8.83 Å². The van der Waals surface area contributed by atoms with Crippen molar-refractivity contribution in [1.82, 2.24) is 18.3 Å². The van der Waals surface area contributed by atoms with Crippen LogP contribution in [0.4, 0.5) is 0 Å². The lowest BCUT2D eigenvalue weighted by atomic mass is 10.0. The third-order valence-corrected chi connectivity index (χ3v) is 21.8. The average molecular weight is 1330 g/mol. The summed E-state index contributed by atoms with van der Waals surface area (Å²) in [6.07, 6.45) is 0. The highest BCUT2D eigenvalue weighted by molar-refractivity contribution is 6.18. The van der Waals surface area contributed by atoms with E-state index in [0.29, 0.717) is 0 Å². The number of furan rings is 2. The molecule has 0 N–H and O–H groups in total. The van der Waals surface area contributed by atoms with E-state index in [-0.39, 0.29) is 0 Å². The molecule has 104 heavy (non-hydrogen) atoms. The Labute approximate surface area is 596 Å². The average Bonchev–Trinajstić information content (AvgIpc) is 1.57. The van der Waals surface area contributed by atoms with Crippen LogP contribution in [0.3, 0.4) is 0 Å². The molecule has 17 aromatic carbocycles. The summed E-state index contributed by atoms with van der Waals surface area (Å²) in [6.45, 7) is 0. The molecule has 484 valence electrons. The number of hydrogen-bond donors (Lipinski definition) is 0. The highest BCUT2D eigenvalue weighted by Gasteiger charge is 2.22. The zero-order chi connectivity index (χ0) is 68.1. The van der Waals surface area contributed by atoms with Crippen LogP contribution >= 0.6 is 0 Å². The van der Waals surface area contributed by atoms with E-state index < -0.39 is 0 Å². The van der Waals surface area contributed by atoms with Gasteiger partial charge < -0.3 is 27.1 Å². The number of para-hydroxylation sites is 5. The van der Waals surface area contributed by atoms with Gasteiger partial charge in [-0.2, -0.15) is 0 Å². The van der Waals surface area contributed by atoms with E-state index in [4.69, 9.17) is 8.83 Å². The van der Waals surface area contributed by atoms with Crippen LogP contribution in [0.25, 0.3) is 209 Å². The van der Waals surface area contributed by atoms with E-state index in [9.17, 15) is 0 Å². The topological polar surface area (TPSA) is 46.0 Å². The molecule has 6 nitrogen and oxygen atoms in total. The molecule has 0 saturated carbocycles. The second-order valence-corrected chi connectivity index (χ2v) is 27.5. The van der Waals surface area contributed by atoms with E-state index in [2.05, 4.69) is 370 Å². The molecule has 0 saturated heterocycles. The van der Waals surface area contributed by atoms with E-state index in [0.717, 1.165) is 55.3 Å². The number of hydrogen-bond acceptors (Lipinski definition) is 2. The molecule has 0 spiro atoms. The van der Waals surface area contributed by atoms with Crippen LogP contribution in [0.2, 0.25) is 0 Å². The summed E-state index contributed by atoms with van der Waals surface area (Å²) in [7, 11) is 0. The first kappa shape index (κ1) is 57.9. The van der Waals surface area contributed by atoms with E-state index in [1.54, 1.807) is 0 Å². The predicted octanol–water partition coefficient (Wildman–Crippen LogP) is 26.9. The molecule has 6 aromatic heterocycles. The zero-order valence-corrected chi connectivity index (χ0v) is 56.2. The quantitative estimate of drug-likeness (QED) is 0.160. The minimum atomic E-state index is 0.886. The van der Waals surface area contributed by atoms with Gasteiger partial charge >= 0.3 is 0 Å². The van der Waals surface area contributed by atoms with Crippen LogP contribution < -0.4 is 0 Å². The lowest BCUT2D eigenvalue weighted by molar-refractivity contribution is 0.668. The fourth-order valence-electron chi connectivity index (χ4n) is 17.0. The third kappa shape index (κ3) is 8.95. The first-order valence-corrected chi connectivity index (χ1v) is 35.6. The molecule has 0 amide bonds. The Morgan fingerprint density at radius 1 is 0.163 bits per heavy atom. The predicted molar refractivity (Wildman–Crippen MR) is 436 cm³/mol. The van der Waals surface area contributed by atoms with E-state index >= 15 is 0 Å². The zero-order valence-electron chi connectivity index (χ0n) is 56.2. The number of rotatable bonds is 7. The van der Waals surface area contributed by atoms with Crippen molar-refractivity contribution in [2.75, 3.05) is 0 Å². The van der Waals surface area contributed by atoms with Gasteiger partial charge in [-0.15, -0.1) is 0 Å². The Balaban J connectivity index is 0.000000132. The normalized spacial score (nSPS) is 12.0. The molecular formula is C98H60N4O2. The Hall–Kier alpha value is -13.9. The molecule has 0 atom stereocenters. The van der Waals surface area contributed by atoms with Gasteiger partial charge in [-0.3, -0.25) is 0 Å². The van der Waals surface area contributed by atoms with Crippen LogP contribution in [0, 0.1) is 0 Å². The molecule has 0 fully saturated rings. The third-order valence-electron chi connectivity index (χ3n) is 21.8. The summed E-state index contributed by atoms with van der Waals surface area (Å²) in [4.78, 5) is 0. The molecule has 23 rings (SSSR count). The van der Waals surface area contributed by atoms with Crippen molar-refractivity contribution in [3.8, 4) is 56.1 Å². The number of aromatic nitrogens is 4. The molecule has 0 aliphatic rings. The molecule has 23 aromatic rings. The Kier molecular flexibility index (Phi) is 12.7. The van der Waals surface area contributed by atoms with Gasteiger partial charge in [-0.25, -0.2) is 0 Å². The molecule has 6 heteroatoms. The maximum Gasteiger partial charge on any atom is 0.137 e. The molecule has 0 aliphatic carbocycles. The van der Waals surface area contributed by atoms with Gasteiger partial charge in [0.2, 0.25) is 0 Å². The lowest BCUT2D eigenvalue weighted by Crippen LogP contribution is -1.94. The van der Waals surface area contributed by atoms with Crippen molar-refractivity contribution in [2.45, 2.75) is 0 Å². The Morgan fingerprint density at radius 2 is 0.500 bits per heavy atom. The van der Waals surface area contributed by atoms with E-state index in [1.165, 1.54) is 154 Å². The molecule has 0 aliphatic heterocycles. The van der Waals surface area contributed by atoms with Crippen molar-refractivity contribution in [2.24, 2.45) is 0 Å². The summed E-state index contributed by atoms with van der Waals surface area (Å²) in [6, 6.07) is 132. The Bertz CT molecular complexity index is 7500. The molecular weight excluding hydrogens is 1270 g/mol. The second-order valence-electron chi connectivity index (χ2n) is 27.5. The smallest absolute Gasteiger partial charge is 0.137 e. The fraction of sp³-hybridized carbons (Fsp3) is 0. The highest BCUT2D eigenvalue weighted by atomic mass is 16.3. The van der Waals surface area contributed by atoms with Gasteiger partial charge in [0.15, 0.2) is 0 Å². The first-order chi connectivity index (χ1) is 51.5. The summed E-state index contributed by atoms with van der Waals surface area (Å²) < 4.78 is 22.2. The van der Waals surface area contributed by atoms with Crippen LogP contribution in [0.15, 0.2) is 373 Å². The maximum atomic E-state index is 6.48. The monoisotopic (exact) mass is 1320 g/mol. The standard InChI is InChI=1S/C52H32N2O.C46H28N2O/c1-2-11-33(12-3-1)36-24-28-50-44(32-36)52-49(19-10-20-51(52)55-50)54-46-18-9-7-16-41(46)43-31-38(23-27-48(43)54)37-22-26-47-42(30-37)40-15-6-8-17-45(40)53(47)39-25-21-34-13-4-5-14-35(34)29-39;1-2-10-30-25-33(20-17-29(30)9-1)47-41-14-6-3-11-35(41)38-26-31(18-22-43(38)47)32-19-23-44-39(27-32)36-12-4-7-15-42(36)48(44)34-21-24-46-40(28-34)37-13-5-8-16-45(37)49-46/h1-32H;1-28H. The van der Waals surface area contributed by atoms with Gasteiger partial charge in [-0.05, 0) is 201 Å². The SMILES string of the molecule is c1ccc(-c2ccc3oc4cccc(-n5c6ccccc6c6cc(-c7ccc8c(c7)c7ccccc7n8-c7ccc8ccccc8c7)ccc65)c4c3c2)cc1.c1ccc2cc(-n3c4ccccc4c4cc(-c5ccc6c(c5)c5ccccc5n6-c5ccc6oc7ccccc7c6c5)ccc43)ccc2c1. The minimum Gasteiger partial charge on any atom is -0.456 e. The molecule has 0 radical (unpaired) electrons.